The largest absolute Gasteiger partial charge is 0.311 e. The van der Waals surface area contributed by atoms with Gasteiger partial charge in [0.1, 0.15) is 0 Å². The minimum atomic E-state index is 0.665. The molecule has 1 N–H and O–H groups in total. The predicted octanol–water partition coefficient (Wildman–Crippen LogP) is 3.22. The number of likely N-dealkylation sites (N-methyl/N-ethyl adjacent to an activating group) is 1. The van der Waals surface area contributed by atoms with Crippen molar-refractivity contribution in [1.82, 2.24) is 10.2 Å². The number of nitrogens with zero attached hydrogens (tertiary/aromatic N) is 1. The number of hydrogen-bond donors (Lipinski definition) is 1. The number of rotatable bonds is 7. The van der Waals surface area contributed by atoms with Crippen molar-refractivity contribution in [2.24, 2.45) is 0 Å². The second-order valence-electron chi connectivity index (χ2n) is 4.15. The monoisotopic (exact) mass is 260 g/mol. The van der Waals surface area contributed by atoms with Crippen LogP contribution in [0.2, 0.25) is 5.02 Å². The van der Waals surface area contributed by atoms with Gasteiger partial charge < -0.3 is 10.2 Å². The lowest BCUT2D eigenvalue weighted by Gasteiger charge is -2.23. The summed E-state index contributed by atoms with van der Waals surface area (Å²) in [6.07, 6.45) is 1.21. The summed E-state index contributed by atoms with van der Waals surface area (Å²) in [7, 11) is 2.18. The molecule has 0 radical (unpaired) electrons. The molecular weight excluding hydrogens is 240 g/mol. The lowest BCUT2D eigenvalue weighted by atomic mass is 10.2. The van der Waals surface area contributed by atoms with E-state index < -0.39 is 0 Å². The highest BCUT2D eigenvalue weighted by Crippen LogP contribution is 2.18. The summed E-state index contributed by atoms with van der Waals surface area (Å²) in [5.74, 6) is 0. The SMILES string of the molecule is CCC(C)N(C)CCNCc1cc(Cl)cs1. The van der Waals surface area contributed by atoms with E-state index in [0.717, 1.165) is 24.7 Å². The van der Waals surface area contributed by atoms with Crippen LogP contribution in [0.4, 0.5) is 0 Å². The molecule has 16 heavy (non-hydrogen) atoms. The van der Waals surface area contributed by atoms with Crippen LogP contribution < -0.4 is 5.32 Å². The van der Waals surface area contributed by atoms with E-state index in [1.165, 1.54) is 11.3 Å². The van der Waals surface area contributed by atoms with Crippen LogP contribution >= 0.6 is 22.9 Å². The molecule has 0 amide bonds. The zero-order chi connectivity index (χ0) is 12.0. The highest BCUT2D eigenvalue weighted by Gasteiger charge is 2.05. The Labute approximate surface area is 108 Å². The Morgan fingerprint density at radius 3 is 2.88 bits per heavy atom. The minimum absolute atomic E-state index is 0.665. The summed E-state index contributed by atoms with van der Waals surface area (Å²) in [6, 6.07) is 2.69. The normalized spacial score (nSPS) is 13.3. The Hall–Kier alpha value is -0.0900. The zero-order valence-corrected chi connectivity index (χ0v) is 11.9. The van der Waals surface area contributed by atoms with Gasteiger partial charge in [-0.1, -0.05) is 18.5 Å². The number of halogens is 1. The summed E-state index contributed by atoms with van der Waals surface area (Å²) >= 11 is 7.57. The van der Waals surface area contributed by atoms with E-state index in [9.17, 15) is 0 Å². The highest BCUT2D eigenvalue weighted by atomic mass is 35.5. The van der Waals surface area contributed by atoms with Crippen LogP contribution in [0.3, 0.4) is 0 Å². The van der Waals surface area contributed by atoms with Crippen LogP contribution in [0, 0.1) is 0 Å². The van der Waals surface area contributed by atoms with Gasteiger partial charge in [0.25, 0.3) is 0 Å². The Bertz CT molecular complexity index is 301. The molecule has 2 nitrogen and oxygen atoms in total. The van der Waals surface area contributed by atoms with Gasteiger partial charge in [-0.3, -0.25) is 0 Å². The molecule has 1 aromatic heterocycles. The van der Waals surface area contributed by atoms with Crippen LogP contribution in [0.25, 0.3) is 0 Å². The molecule has 0 spiro atoms. The van der Waals surface area contributed by atoms with E-state index in [2.05, 4.69) is 31.1 Å². The van der Waals surface area contributed by atoms with Crippen molar-refractivity contribution in [3.8, 4) is 0 Å². The maximum absolute atomic E-state index is 5.86. The summed E-state index contributed by atoms with van der Waals surface area (Å²) in [6.45, 7) is 7.53. The average Bonchev–Trinajstić information content (AvgIpc) is 2.69. The maximum Gasteiger partial charge on any atom is 0.0516 e. The van der Waals surface area contributed by atoms with Gasteiger partial charge in [-0.15, -0.1) is 11.3 Å². The topological polar surface area (TPSA) is 15.3 Å². The third-order valence-corrected chi connectivity index (χ3v) is 4.19. The van der Waals surface area contributed by atoms with Gasteiger partial charge in [0.2, 0.25) is 0 Å². The molecular formula is C12H21ClN2S. The van der Waals surface area contributed by atoms with Crippen LogP contribution in [0.5, 0.6) is 0 Å². The molecule has 1 unspecified atom stereocenters. The number of hydrogen-bond acceptors (Lipinski definition) is 3. The fourth-order valence-electron chi connectivity index (χ4n) is 1.45. The molecule has 1 aromatic rings. The summed E-state index contributed by atoms with van der Waals surface area (Å²) in [4.78, 5) is 3.69. The second-order valence-corrected chi connectivity index (χ2v) is 5.58. The first-order chi connectivity index (χ1) is 7.63. The lowest BCUT2D eigenvalue weighted by molar-refractivity contribution is 0.252. The van der Waals surface area contributed by atoms with Gasteiger partial charge in [0.15, 0.2) is 0 Å². The Balaban J connectivity index is 2.12. The Morgan fingerprint density at radius 1 is 1.56 bits per heavy atom. The van der Waals surface area contributed by atoms with Crippen molar-refractivity contribution >= 4 is 22.9 Å². The summed E-state index contributed by atoms with van der Waals surface area (Å²) in [5, 5.41) is 6.26. The van der Waals surface area contributed by atoms with Crippen molar-refractivity contribution in [2.75, 3.05) is 20.1 Å². The first-order valence-corrected chi connectivity index (χ1v) is 7.03. The van der Waals surface area contributed by atoms with Crippen molar-refractivity contribution < 1.29 is 0 Å². The first-order valence-electron chi connectivity index (χ1n) is 5.77. The Kier molecular flexibility index (Phi) is 6.36. The van der Waals surface area contributed by atoms with Crippen LogP contribution in [-0.2, 0) is 6.54 Å². The van der Waals surface area contributed by atoms with Crippen LogP contribution in [-0.4, -0.2) is 31.1 Å². The molecule has 0 aliphatic rings. The third kappa shape index (κ3) is 4.83. The molecule has 92 valence electrons. The van der Waals surface area contributed by atoms with E-state index in [1.54, 1.807) is 11.3 Å². The standard InChI is InChI=1S/C12H21ClN2S/c1-4-10(2)15(3)6-5-14-8-12-7-11(13)9-16-12/h7,9-10,14H,4-6,8H2,1-3H3. The molecule has 0 aliphatic carbocycles. The quantitative estimate of drug-likeness (QED) is 0.758. The molecule has 0 fully saturated rings. The fourth-order valence-corrected chi connectivity index (χ4v) is 2.49. The number of thiophene rings is 1. The molecule has 0 saturated carbocycles. The van der Waals surface area contributed by atoms with Crippen LogP contribution in [0.1, 0.15) is 25.1 Å². The van der Waals surface area contributed by atoms with Crippen molar-refractivity contribution in [3.05, 3.63) is 21.3 Å². The van der Waals surface area contributed by atoms with Crippen LogP contribution in [0.15, 0.2) is 11.4 Å². The smallest absolute Gasteiger partial charge is 0.0516 e. The summed E-state index contributed by atoms with van der Waals surface area (Å²) in [5.41, 5.74) is 0. The van der Waals surface area contributed by atoms with Gasteiger partial charge in [0.05, 0.1) is 5.02 Å². The van der Waals surface area contributed by atoms with Gasteiger partial charge in [-0.2, -0.15) is 0 Å². The van der Waals surface area contributed by atoms with E-state index in [4.69, 9.17) is 11.6 Å². The van der Waals surface area contributed by atoms with Gasteiger partial charge >= 0.3 is 0 Å². The van der Waals surface area contributed by atoms with E-state index in [0.29, 0.717) is 6.04 Å². The molecule has 4 heteroatoms. The molecule has 0 aliphatic heterocycles. The van der Waals surface area contributed by atoms with E-state index in [1.807, 2.05) is 11.4 Å². The van der Waals surface area contributed by atoms with Crippen molar-refractivity contribution in [3.63, 3.8) is 0 Å². The predicted molar refractivity (Wildman–Crippen MR) is 73.4 cm³/mol. The third-order valence-electron chi connectivity index (χ3n) is 2.91. The van der Waals surface area contributed by atoms with Crippen molar-refractivity contribution in [2.45, 2.75) is 32.9 Å². The minimum Gasteiger partial charge on any atom is -0.311 e. The fraction of sp³-hybridized carbons (Fsp3) is 0.667. The maximum atomic E-state index is 5.86. The second kappa shape index (κ2) is 7.28. The first kappa shape index (κ1) is 14.0. The van der Waals surface area contributed by atoms with E-state index >= 15 is 0 Å². The van der Waals surface area contributed by atoms with Crippen molar-refractivity contribution in [1.29, 1.82) is 0 Å². The Morgan fingerprint density at radius 2 is 2.31 bits per heavy atom. The zero-order valence-electron chi connectivity index (χ0n) is 10.3. The molecule has 1 heterocycles. The molecule has 1 rings (SSSR count). The molecule has 0 saturated heterocycles. The van der Waals surface area contributed by atoms with Gasteiger partial charge in [-0.05, 0) is 26.5 Å². The molecule has 0 bridgehead atoms. The van der Waals surface area contributed by atoms with Gasteiger partial charge in [-0.25, -0.2) is 0 Å². The average molecular weight is 261 g/mol. The number of nitrogens with one attached hydrogen (secondary N) is 1. The molecule has 1 atom stereocenters. The van der Waals surface area contributed by atoms with E-state index in [-0.39, 0.29) is 0 Å². The highest BCUT2D eigenvalue weighted by molar-refractivity contribution is 7.10. The summed E-state index contributed by atoms with van der Waals surface area (Å²) < 4.78 is 0. The lowest BCUT2D eigenvalue weighted by Crippen LogP contribution is -2.34. The molecule has 0 aromatic carbocycles. The van der Waals surface area contributed by atoms with Gasteiger partial charge in [0, 0.05) is 35.9 Å².